The summed E-state index contributed by atoms with van der Waals surface area (Å²) in [5.41, 5.74) is 0.531. The van der Waals surface area contributed by atoms with Crippen LogP contribution in [0.5, 0.6) is 0 Å². The minimum Gasteiger partial charge on any atom is -0.398 e. The van der Waals surface area contributed by atoms with Crippen molar-refractivity contribution in [1.82, 2.24) is 0 Å². The first-order valence-corrected chi connectivity index (χ1v) is 6.91. The molecule has 0 atom stereocenters. The summed E-state index contributed by atoms with van der Waals surface area (Å²) in [6, 6.07) is 8.81. The monoisotopic (exact) mass is 218 g/mol. The van der Waals surface area contributed by atoms with Gasteiger partial charge < -0.3 is 4.18 Å². The standard InChI is InChI=1S/C9H11ClO2S/c1-13(2,10)12-9(11)8-6-4-3-5-7-8/h3-7H,1-2H3. The summed E-state index contributed by atoms with van der Waals surface area (Å²) >= 11 is 0. The van der Waals surface area contributed by atoms with Gasteiger partial charge in [0.15, 0.2) is 0 Å². The van der Waals surface area contributed by atoms with E-state index in [1.807, 2.05) is 6.07 Å². The van der Waals surface area contributed by atoms with Crippen LogP contribution in [0.3, 0.4) is 0 Å². The average Bonchev–Trinajstić information content (AvgIpc) is 2.03. The van der Waals surface area contributed by atoms with Crippen LogP contribution in [0.2, 0.25) is 0 Å². The van der Waals surface area contributed by atoms with Crippen LogP contribution in [0, 0.1) is 0 Å². The number of benzene rings is 1. The zero-order chi connectivity index (χ0) is 9.90. The maximum Gasteiger partial charge on any atom is 0.349 e. The smallest absolute Gasteiger partial charge is 0.349 e. The Hall–Kier alpha value is -0.670. The first-order chi connectivity index (χ1) is 5.99. The summed E-state index contributed by atoms with van der Waals surface area (Å²) in [4.78, 5) is 11.4. The third-order valence-electron chi connectivity index (χ3n) is 1.28. The van der Waals surface area contributed by atoms with E-state index in [-0.39, 0.29) is 5.97 Å². The van der Waals surface area contributed by atoms with E-state index in [1.54, 1.807) is 36.8 Å². The average molecular weight is 219 g/mol. The van der Waals surface area contributed by atoms with E-state index in [2.05, 4.69) is 0 Å². The summed E-state index contributed by atoms with van der Waals surface area (Å²) in [5, 5.41) is 0. The van der Waals surface area contributed by atoms with Gasteiger partial charge in [0.1, 0.15) is 0 Å². The molecule has 0 unspecified atom stereocenters. The van der Waals surface area contributed by atoms with Crippen molar-refractivity contribution in [2.24, 2.45) is 0 Å². The molecule has 0 aromatic heterocycles. The molecule has 0 N–H and O–H groups in total. The molecule has 72 valence electrons. The Morgan fingerprint density at radius 1 is 1.31 bits per heavy atom. The molecule has 0 fully saturated rings. The van der Waals surface area contributed by atoms with Crippen molar-refractivity contribution >= 4 is 26.2 Å². The van der Waals surface area contributed by atoms with Gasteiger partial charge in [0.25, 0.3) is 0 Å². The maximum absolute atomic E-state index is 11.4. The highest BCUT2D eigenvalue weighted by Gasteiger charge is 2.15. The molecule has 0 aliphatic rings. The van der Waals surface area contributed by atoms with Gasteiger partial charge in [0.05, 0.1) is 5.56 Å². The Bertz CT molecular complexity index is 292. The van der Waals surface area contributed by atoms with Crippen LogP contribution in [-0.4, -0.2) is 18.5 Å². The summed E-state index contributed by atoms with van der Waals surface area (Å²) in [6.45, 7) is 0. The molecule has 0 amide bonds. The van der Waals surface area contributed by atoms with Crippen LogP contribution >= 0.6 is 20.2 Å². The number of halogens is 1. The Labute approximate surface area is 83.9 Å². The Balaban J connectivity index is 2.71. The molecular weight excluding hydrogens is 208 g/mol. The Kier molecular flexibility index (Phi) is 3.22. The summed E-state index contributed by atoms with van der Waals surface area (Å²) in [5.74, 6) is -0.365. The van der Waals surface area contributed by atoms with E-state index in [0.29, 0.717) is 5.56 Å². The molecular formula is C9H11ClO2S. The summed E-state index contributed by atoms with van der Waals surface area (Å²) in [7, 11) is 4.07. The third kappa shape index (κ3) is 3.70. The fraction of sp³-hybridized carbons (Fsp3) is 0.222. The van der Waals surface area contributed by atoms with Gasteiger partial charge in [-0.25, -0.2) is 4.79 Å². The van der Waals surface area contributed by atoms with Crippen molar-refractivity contribution in [1.29, 1.82) is 0 Å². The molecule has 4 heteroatoms. The Morgan fingerprint density at radius 2 is 1.85 bits per heavy atom. The van der Waals surface area contributed by atoms with E-state index >= 15 is 0 Å². The van der Waals surface area contributed by atoms with Gasteiger partial charge in [-0.3, -0.25) is 0 Å². The van der Waals surface area contributed by atoms with E-state index in [0.717, 1.165) is 0 Å². The largest absolute Gasteiger partial charge is 0.398 e. The molecule has 0 saturated heterocycles. The van der Waals surface area contributed by atoms with Crippen molar-refractivity contribution in [2.45, 2.75) is 0 Å². The summed E-state index contributed by atoms with van der Waals surface area (Å²) in [6.07, 6.45) is 3.41. The number of hydrogen-bond donors (Lipinski definition) is 0. The normalized spacial score (nSPS) is 12.2. The lowest BCUT2D eigenvalue weighted by atomic mass is 10.2. The maximum atomic E-state index is 11.4. The molecule has 0 spiro atoms. The molecule has 0 radical (unpaired) electrons. The van der Waals surface area contributed by atoms with Crippen LogP contribution in [0.15, 0.2) is 30.3 Å². The third-order valence-corrected chi connectivity index (χ3v) is 2.02. The number of hydrogen-bond acceptors (Lipinski definition) is 2. The molecule has 0 aliphatic heterocycles. The van der Waals surface area contributed by atoms with Crippen LogP contribution in [-0.2, 0) is 4.18 Å². The molecule has 0 aliphatic carbocycles. The molecule has 1 rings (SSSR count). The minimum absolute atomic E-state index is 0.365. The van der Waals surface area contributed by atoms with Gasteiger partial charge in [-0.1, -0.05) is 18.2 Å². The predicted molar refractivity (Wildman–Crippen MR) is 57.1 cm³/mol. The van der Waals surface area contributed by atoms with Gasteiger partial charge in [0, 0.05) is 12.5 Å². The molecule has 1 aromatic rings. The molecule has 13 heavy (non-hydrogen) atoms. The van der Waals surface area contributed by atoms with E-state index in [4.69, 9.17) is 14.9 Å². The number of carbonyl (C=O) groups is 1. The second-order valence-corrected chi connectivity index (χ2v) is 7.47. The summed E-state index contributed by atoms with van der Waals surface area (Å²) < 4.78 is 5.03. The van der Waals surface area contributed by atoms with E-state index in [9.17, 15) is 4.79 Å². The second kappa shape index (κ2) is 4.03. The quantitative estimate of drug-likeness (QED) is 0.763. The first-order valence-electron chi connectivity index (χ1n) is 3.71. The first kappa shape index (κ1) is 10.4. The van der Waals surface area contributed by atoms with E-state index < -0.39 is 9.52 Å². The van der Waals surface area contributed by atoms with Crippen molar-refractivity contribution in [3.8, 4) is 0 Å². The highest BCUT2D eigenvalue weighted by atomic mass is 35.7. The number of rotatable bonds is 2. The number of carbonyl (C=O) groups excluding carboxylic acids is 1. The van der Waals surface area contributed by atoms with Crippen molar-refractivity contribution in [3.05, 3.63) is 35.9 Å². The molecule has 0 heterocycles. The van der Waals surface area contributed by atoms with Crippen LogP contribution in [0.4, 0.5) is 0 Å². The van der Waals surface area contributed by atoms with Crippen molar-refractivity contribution in [2.75, 3.05) is 12.5 Å². The minimum atomic E-state index is -1.75. The zero-order valence-electron chi connectivity index (χ0n) is 7.49. The Morgan fingerprint density at radius 3 is 2.31 bits per heavy atom. The van der Waals surface area contributed by atoms with Gasteiger partial charge in [-0.15, -0.1) is 0 Å². The van der Waals surface area contributed by atoms with Crippen LogP contribution in [0.25, 0.3) is 0 Å². The molecule has 2 nitrogen and oxygen atoms in total. The van der Waals surface area contributed by atoms with Crippen LogP contribution < -0.4 is 0 Å². The SMILES string of the molecule is CS(C)(Cl)OC(=O)c1ccccc1. The molecule has 0 bridgehead atoms. The molecule has 0 saturated carbocycles. The van der Waals surface area contributed by atoms with Crippen molar-refractivity contribution in [3.63, 3.8) is 0 Å². The lowest BCUT2D eigenvalue weighted by molar-refractivity contribution is 0.0763. The molecule has 1 aromatic carbocycles. The van der Waals surface area contributed by atoms with Gasteiger partial charge in [-0.05, 0) is 32.3 Å². The van der Waals surface area contributed by atoms with Gasteiger partial charge in [-0.2, -0.15) is 0 Å². The fourth-order valence-electron chi connectivity index (χ4n) is 0.802. The van der Waals surface area contributed by atoms with Crippen molar-refractivity contribution < 1.29 is 8.98 Å². The van der Waals surface area contributed by atoms with Gasteiger partial charge in [0.2, 0.25) is 0 Å². The highest BCUT2D eigenvalue weighted by molar-refractivity contribution is 8.47. The topological polar surface area (TPSA) is 26.3 Å². The highest BCUT2D eigenvalue weighted by Crippen LogP contribution is 2.46. The van der Waals surface area contributed by atoms with Crippen LogP contribution in [0.1, 0.15) is 10.4 Å². The van der Waals surface area contributed by atoms with E-state index in [1.165, 1.54) is 0 Å². The lowest BCUT2D eigenvalue weighted by Gasteiger charge is -2.21. The zero-order valence-corrected chi connectivity index (χ0v) is 9.06. The fourth-order valence-corrected chi connectivity index (χ4v) is 1.43. The predicted octanol–water partition coefficient (Wildman–Crippen LogP) is 2.98. The van der Waals surface area contributed by atoms with Gasteiger partial charge >= 0.3 is 5.97 Å². The lowest BCUT2D eigenvalue weighted by Crippen LogP contribution is -2.05. The second-order valence-electron chi connectivity index (χ2n) is 2.85.